The van der Waals surface area contributed by atoms with Crippen molar-refractivity contribution in [3.8, 4) is 5.75 Å². The Balaban J connectivity index is 1.33. The van der Waals surface area contributed by atoms with E-state index < -0.39 is 0 Å². The lowest BCUT2D eigenvalue weighted by Crippen LogP contribution is -2.28. The van der Waals surface area contributed by atoms with Crippen LogP contribution < -0.4 is 15.6 Å². The van der Waals surface area contributed by atoms with Crippen molar-refractivity contribution in [3.05, 3.63) is 69.2 Å². The van der Waals surface area contributed by atoms with Crippen LogP contribution in [-0.2, 0) is 17.9 Å². The summed E-state index contributed by atoms with van der Waals surface area (Å²) in [6.07, 6.45) is 6.43. The van der Waals surface area contributed by atoms with Crippen molar-refractivity contribution >= 4 is 29.0 Å². The fraction of sp³-hybridized carbons (Fsp3) is 0.375. The zero-order valence-corrected chi connectivity index (χ0v) is 18.2. The number of carbonyl (C=O) groups excluding carboxylic acids is 1. The molecule has 2 aromatic carbocycles. The highest BCUT2D eigenvalue weighted by Gasteiger charge is 2.15. The molecule has 162 valence electrons. The lowest BCUT2D eigenvalue weighted by atomic mass is 9.98. The van der Waals surface area contributed by atoms with E-state index in [1.165, 1.54) is 23.8 Å². The van der Waals surface area contributed by atoms with Gasteiger partial charge in [0.2, 0.25) is 5.91 Å². The van der Waals surface area contributed by atoms with Gasteiger partial charge in [0, 0.05) is 19.5 Å². The minimum absolute atomic E-state index is 0.131. The van der Waals surface area contributed by atoms with Gasteiger partial charge in [-0.3, -0.25) is 14.2 Å². The minimum Gasteiger partial charge on any atom is -0.490 e. The molecule has 0 aliphatic heterocycles. The number of aromatic nitrogens is 2. The Bertz CT molecular complexity index is 1180. The second kappa shape index (κ2) is 9.92. The number of benzene rings is 2. The number of rotatable bonds is 7. The van der Waals surface area contributed by atoms with E-state index in [0.717, 1.165) is 24.2 Å². The zero-order chi connectivity index (χ0) is 21.6. The molecule has 7 heteroatoms. The highest BCUT2D eigenvalue weighted by molar-refractivity contribution is 7.71. The first-order chi connectivity index (χ1) is 15.1. The van der Waals surface area contributed by atoms with Gasteiger partial charge in [0.15, 0.2) is 4.77 Å². The van der Waals surface area contributed by atoms with E-state index in [1.807, 2.05) is 42.5 Å². The van der Waals surface area contributed by atoms with E-state index in [1.54, 1.807) is 6.07 Å². The smallest absolute Gasteiger partial charge is 0.262 e. The number of H-pyrrole nitrogens is 1. The fourth-order valence-electron chi connectivity index (χ4n) is 4.01. The van der Waals surface area contributed by atoms with Crippen molar-refractivity contribution in [1.82, 2.24) is 14.9 Å². The average molecular weight is 438 g/mol. The fourth-order valence-corrected chi connectivity index (χ4v) is 4.29. The molecular weight excluding hydrogens is 410 g/mol. The minimum atomic E-state index is -0.181. The molecule has 1 aliphatic carbocycles. The summed E-state index contributed by atoms with van der Waals surface area (Å²) in [5.41, 5.74) is 1.51. The van der Waals surface area contributed by atoms with E-state index in [4.69, 9.17) is 17.0 Å². The van der Waals surface area contributed by atoms with Gasteiger partial charge in [-0.05, 0) is 67.7 Å². The van der Waals surface area contributed by atoms with Crippen LogP contribution >= 0.6 is 12.2 Å². The molecule has 2 N–H and O–H groups in total. The van der Waals surface area contributed by atoms with Crippen molar-refractivity contribution in [2.24, 2.45) is 0 Å². The largest absolute Gasteiger partial charge is 0.490 e. The maximum Gasteiger partial charge on any atom is 0.262 e. The Hall–Kier alpha value is -2.93. The van der Waals surface area contributed by atoms with Crippen molar-refractivity contribution < 1.29 is 9.53 Å². The maximum absolute atomic E-state index is 12.7. The van der Waals surface area contributed by atoms with Crippen LogP contribution in [0.3, 0.4) is 0 Å². The zero-order valence-electron chi connectivity index (χ0n) is 17.4. The monoisotopic (exact) mass is 437 g/mol. The summed E-state index contributed by atoms with van der Waals surface area (Å²) < 4.78 is 7.87. The van der Waals surface area contributed by atoms with Crippen LogP contribution in [0.5, 0.6) is 5.75 Å². The molecule has 0 unspecified atom stereocenters. The molecule has 6 nitrogen and oxygen atoms in total. The Morgan fingerprint density at radius 3 is 2.77 bits per heavy atom. The SMILES string of the molecule is O=C(CCn1c(=S)[nH]c2ccccc2c1=O)NCc1cccc(OC2CCCCC2)c1. The Morgan fingerprint density at radius 2 is 1.94 bits per heavy atom. The van der Waals surface area contributed by atoms with Gasteiger partial charge in [-0.2, -0.15) is 0 Å². The molecule has 31 heavy (non-hydrogen) atoms. The van der Waals surface area contributed by atoms with E-state index >= 15 is 0 Å². The van der Waals surface area contributed by atoms with Crippen LogP contribution in [0.25, 0.3) is 10.9 Å². The Morgan fingerprint density at radius 1 is 1.13 bits per heavy atom. The van der Waals surface area contributed by atoms with Crippen LogP contribution in [-0.4, -0.2) is 21.6 Å². The molecule has 1 heterocycles. The van der Waals surface area contributed by atoms with Gasteiger partial charge in [-0.1, -0.05) is 30.7 Å². The third kappa shape index (κ3) is 5.41. The van der Waals surface area contributed by atoms with Gasteiger partial charge in [-0.15, -0.1) is 0 Å². The lowest BCUT2D eigenvalue weighted by Gasteiger charge is -2.23. The molecule has 1 fully saturated rings. The van der Waals surface area contributed by atoms with Crippen LogP contribution in [0, 0.1) is 4.77 Å². The van der Waals surface area contributed by atoms with Crippen molar-refractivity contribution in [1.29, 1.82) is 0 Å². The number of nitrogens with one attached hydrogen (secondary N) is 2. The van der Waals surface area contributed by atoms with Gasteiger partial charge in [-0.25, -0.2) is 0 Å². The first-order valence-electron chi connectivity index (χ1n) is 10.8. The predicted octanol–water partition coefficient (Wildman–Crippen LogP) is 4.48. The molecule has 1 amide bonds. The standard InChI is InChI=1S/C24H27N3O3S/c28-22(13-14-27-23(29)20-11-4-5-12-21(20)26-24(27)31)25-16-17-7-6-10-19(15-17)30-18-8-2-1-3-9-18/h4-7,10-12,15,18H,1-3,8-9,13-14,16H2,(H,25,28)(H,26,31). The number of hydrogen-bond acceptors (Lipinski definition) is 4. The summed E-state index contributed by atoms with van der Waals surface area (Å²) >= 11 is 5.30. The predicted molar refractivity (Wildman–Crippen MR) is 124 cm³/mol. The summed E-state index contributed by atoms with van der Waals surface area (Å²) in [6, 6.07) is 15.1. The van der Waals surface area contributed by atoms with E-state index in [2.05, 4.69) is 10.3 Å². The van der Waals surface area contributed by atoms with Crippen molar-refractivity contribution in [2.75, 3.05) is 0 Å². The number of nitrogens with zero attached hydrogens (tertiary/aromatic N) is 1. The van der Waals surface area contributed by atoms with Gasteiger partial charge in [0.05, 0.1) is 17.0 Å². The van der Waals surface area contributed by atoms with E-state index in [-0.39, 0.29) is 24.4 Å². The lowest BCUT2D eigenvalue weighted by molar-refractivity contribution is -0.121. The molecule has 0 radical (unpaired) electrons. The van der Waals surface area contributed by atoms with Gasteiger partial charge in [0.1, 0.15) is 5.75 Å². The van der Waals surface area contributed by atoms with Gasteiger partial charge >= 0.3 is 0 Å². The van der Waals surface area contributed by atoms with Crippen LogP contribution in [0.1, 0.15) is 44.1 Å². The normalized spacial score (nSPS) is 14.5. The summed E-state index contributed by atoms with van der Waals surface area (Å²) in [6.45, 7) is 0.649. The highest BCUT2D eigenvalue weighted by Crippen LogP contribution is 2.24. The quantitative estimate of drug-likeness (QED) is 0.535. The second-order valence-electron chi connectivity index (χ2n) is 7.98. The summed E-state index contributed by atoms with van der Waals surface area (Å²) in [5.74, 6) is 0.723. The van der Waals surface area contributed by atoms with Crippen molar-refractivity contribution in [3.63, 3.8) is 0 Å². The third-order valence-electron chi connectivity index (χ3n) is 5.69. The van der Waals surface area contributed by atoms with Gasteiger partial charge < -0.3 is 15.0 Å². The number of hydrogen-bond donors (Lipinski definition) is 2. The number of carbonyl (C=O) groups is 1. The third-order valence-corrected chi connectivity index (χ3v) is 6.02. The molecular formula is C24H27N3O3S. The molecule has 4 rings (SSSR count). The van der Waals surface area contributed by atoms with E-state index in [9.17, 15) is 9.59 Å². The van der Waals surface area contributed by atoms with Gasteiger partial charge in [0.25, 0.3) is 5.56 Å². The summed E-state index contributed by atoms with van der Waals surface area (Å²) in [7, 11) is 0. The Labute approximate surface area is 186 Å². The van der Waals surface area contributed by atoms with Crippen LogP contribution in [0.4, 0.5) is 0 Å². The van der Waals surface area contributed by atoms with Crippen molar-refractivity contribution in [2.45, 2.75) is 57.7 Å². The second-order valence-corrected chi connectivity index (χ2v) is 8.37. The molecule has 1 saturated carbocycles. The molecule has 0 spiro atoms. The topological polar surface area (TPSA) is 76.1 Å². The van der Waals surface area contributed by atoms with Crippen LogP contribution in [0.15, 0.2) is 53.3 Å². The first kappa shape index (κ1) is 21.3. The Kier molecular flexibility index (Phi) is 6.82. The number of fused-ring (bicyclic) bond motifs is 1. The van der Waals surface area contributed by atoms with Crippen LogP contribution in [0.2, 0.25) is 0 Å². The summed E-state index contributed by atoms with van der Waals surface area (Å²) in [5, 5.41) is 3.48. The first-order valence-corrected chi connectivity index (χ1v) is 11.2. The number of ether oxygens (including phenoxy) is 1. The molecule has 0 bridgehead atoms. The van der Waals surface area contributed by atoms with E-state index in [0.29, 0.717) is 28.3 Å². The molecule has 1 aliphatic rings. The average Bonchev–Trinajstić information content (AvgIpc) is 2.78. The number of amides is 1. The highest BCUT2D eigenvalue weighted by atomic mass is 32.1. The molecule has 0 atom stereocenters. The molecule has 1 aromatic heterocycles. The number of para-hydroxylation sites is 1. The summed E-state index contributed by atoms with van der Waals surface area (Å²) in [4.78, 5) is 28.1. The molecule has 3 aromatic rings. The number of aromatic amines is 1. The maximum atomic E-state index is 12.7. The molecule has 0 saturated heterocycles.